The average molecular weight is 635 g/mol. The van der Waals surface area contributed by atoms with Crippen molar-refractivity contribution in [1.29, 1.82) is 0 Å². The lowest BCUT2D eigenvalue weighted by Crippen LogP contribution is -2.03. The summed E-state index contributed by atoms with van der Waals surface area (Å²) in [6, 6.07) is 11.0. The Morgan fingerprint density at radius 1 is 0.413 bits per heavy atom. The maximum absolute atomic E-state index is 5.19. The summed E-state index contributed by atoms with van der Waals surface area (Å²) in [5, 5.41) is 0. The molecule has 0 amide bonds. The van der Waals surface area contributed by atoms with Gasteiger partial charge in [0.15, 0.2) is 0 Å². The van der Waals surface area contributed by atoms with Gasteiger partial charge in [-0.2, -0.15) is 0 Å². The van der Waals surface area contributed by atoms with E-state index in [2.05, 4.69) is 54.9 Å². The van der Waals surface area contributed by atoms with E-state index in [1.165, 1.54) is 203 Å². The van der Waals surface area contributed by atoms with Gasteiger partial charge in [-0.25, -0.2) is 4.98 Å². The molecular weight excluding hydrogens is 556 g/mol. The van der Waals surface area contributed by atoms with E-state index < -0.39 is 0 Å². The molecule has 1 heterocycles. The summed E-state index contributed by atoms with van der Waals surface area (Å²) in [6.07, 6.45) is 46.9. The van der Waals surface area contributed by atoms with Crippen LogP contribution in [0.15, 0.2) is 36.5 Å². The van der Waals surface area contributed by atoms with Gasteiger partial charge in [0.1, 0.15) is 5.82 Å². The van der Waals surface area contributed by atoms with Gasteiger partial charge in [-0.15, -0.1) is 0 Å². The molecule has 0 spiro atoms. The molecule has 1 aromatic heterocycles. The molecule has 0 saturated heterocycles. The first-order valence-electron chi connectivity index (χ1n) is 20.9. The summed E-state index contributed by atoms with van der Waals surface area (Å²) in [4.78, 5) is 5.19. The normalized spacial score (nSPS) is 11.5. The lowest BCUT2D eigenvalue weighted by Gasteiger charge is -2.08. The van der Waals surface area contributed by atoms with Gasteiger partial charge < -0.3 is 4.57 Å². The summed E-state index contributed by atoms with van der Waals surface area (Å²) in [6.45, 7) is 5.78. The first-order chi connectivity index (χ1) is 22.8. The highest BCUT2D eigenvalue weighted by Crippen LogP contribution is 2.17. The third kappa shape index (κ3) is 22.9. The molecule has 2 heteroatoms. The van der Waals surface area contributed by atoms with Crippen molar-refractivity contribution >= 4 is 0 Å². The molecule has 0 atom stereocenters. The van der Waals surface area contributed by atoms with Gasteiger partial charge in [-0.05, 0) is 37.7 Å². The third-order valence-electron chi connectivity index (χ3n) is 10.2. The quantitative estimate of drug-likeness (QED) is 0.0700. The monoisotopic (exact) mass is 635 g/mol. The van der Waals surface area contributed by atoms with Crippen molar-refractivity contribution in [2.24, 2.45) is 0 Å². The highest BCUT2D eigenvalue weighted by atomic mass is 15.1. The van der Waals surface area contributed by atoms with Gasteiger partial charge in [-0.3, -0.25) is 0 Å². The molecule has 2 rings (SSSR count). The number of benzene rings is 1. The van der Waals surface area contributed by atoms with E-state index in [4.69, 9.17) is 4.98 Å². The van der Waals surface area contributed by atoms with E-state index in [0.717, 1.165) is 25.8 Å². The summed E-state index contributed by atoms with van der Waals surface area (Å²) in [7, 11) is 0. The average Bonchev–Trinajstić information content (AvgIpc) is 3.46. The molecule has 0 unspecified atom stereocenters. The second-order valence-electron chi connectivity index (χ2n) is 14.6. The molecule has 0 fully saturated rings. The third-order valence-corrected chi connectivity index (χ3v) is 10.2. The first kappa shape index (κ1) is 40.6. The second-order valence-corrected chi connectivity index (χ2v) is 14.6. The fraction of sp³-hybridized carbons (Fsp3) is 0.795. The minimum absolute atomic E-state index is 1.10. The highest BCUT2D eigenvalue weighted by Gasteiger charge is 2.09. The molecule has 264 valence electrons. The number of hydrogen-bond acceptors (Lipinski definition) is 1. The van der Waals surface area contributed by atoms with Gasteiger partial charge in [0.05, 0.1) is 5.69 Å². The van der Waals surface area contributed by atoms with Crippen molar-refractivity contribution < 1.29 is 0 Å². The number of imidazole rings is 1. The Hall–Kier alpha value is -1.57. The highest BCUT2D eigenvalue weighted by molar-refractivity contribution is 5.15. The molecule has 0 N–H and O–H groups in total. The number of rotatable bonds is 34. The number of aromatic nitrogens is 2. The minimum Gasteiger partial charge on any atom is -0.335 e. The van der Waals surface area contributed by atoms with E-state index in [1.54, 1.807) is 0 Å². The molecule has 46 heavy (non-hydrogen) atoms. The fourth-order valence-electron chi connectivity index (χ4n) is 7.10. The zero-order chi connectivity index (χ0) is 32.6. The van der Waals surface area contributed by atoms with Crippen LogP contribution in [-0.4, -0.2) is 9.55 Å². The Bertz CT molecular complexity index is 885. The summed E-state index contributed by atoms with van der Waals surface area (Å²) in [5.41, 5.74) is 2.77. The van der Waals surface area contributed by atoms with Crippen LogP contribution >= 0.6 is 0 Å². The van der Waals surface area contributed by atoms with Crippen LogP contribution < -0.4 is 0 Å². The Morgan fingerprint density at radius 3 is 1.28 bits per heavy atom. The molecule has 0 aliphatic rings. The van der Waals surface area contributed by atoms with E-state index >= 15 is 0 Å². The fourth-order valence-corrected chi connectivity index (χ4v) is 7.10. The summed E-state index contributed by atoms with van der Waals surface area (Å²) >= 11 is 0. The van der Waals surface area contributed by atoms with Gasteiger partial charge >= 0.3 is 0 Å². The largest absolute Gasteiger partial charge is 0.335 e. The maximum Gasteiger partial charge on any atom is 0.108 e. The molecule has 0 bridgehead atoms. The Kier molecular flexibility index (Phi) is 27.1. The van der Waals surface area contributed by atoms with Crippen molar-refractivity contribution in [2.75, 3.05) is 0 Å². The van der Waals surface area contributed by atoms with E-state index in [0.29, 0.717) is 0 Å². The Labute approximate surface area is 288 Å². The van der Waals surface area contributed by atoms with Crippen LogP contribution in [0.1, 0.15) is 217 Å². The van der Waals surface area contributed by atoms with Gasteiger partial charge in [0.2, 0.25) is 0 Å². The van der Waals surface area contributed by atoms with Crippen LogP contribution in [-0.2, 0) is 25.8 Å². The van der Waals surface area contributed by atoms with Crippen LogP contribution in [0.5, 0.6) is 0 Å². The number of nitrogens with zero attached hydrogens (tertiary/aromatic N) is 2. The van der Waals surface area contributed by atoms with Crippen LogP contribution in [0, 0.1) is 0 Å². The van der Waals surface area contributed by atoms with Crippen LogP contribution in [0.2, 0.25) is 0 Å². The molecule has 2 nitrogen and oxygen atoms in total. The predicted octanol–water partition coefficient (Wildman–Crippen LogP) is 14.6. The van der Waals surface area contributed by atoms with Crippen molar-refractivity contribution in [2.45, 2.75) is 226 Å². The van der Waals surface area contributed by atoms with Crippen molar-refractivity contribution in [3.8, 4) is 0 Å². The smallest absolute Gasteiger partial charge is 0.108 e. The van der Waals surface area contributed by atoms with Crippen molar-refractivity contribution in [1.82, 2.24) is 9.55 Å². The molecule has 0 aliphatic heterocycles. The van der Waals surface area contributed by atoms with Crippen LogP contribution in [0.3, 0.4) is 0 Å². The van der Waals surface area contributed by atoms with E-state index in [1.807, 2.05) is 0 Å². The molecule has 1 aromatic carbocycles. The Balaban J connectivity index is 1.57. The van der Waals surface area contributed by atoms with Gasteiger partial charge in [0, 0.05) is 19.2 Å². The molecule has 0 aliphatic carbocycles. The minimum atomic E-state index is 1.10. The SMILES string of the molecule is CCCCCCCCCCCCCCCCCCc1nc(CCCc2ccccc2)cn1CCCCCCCCCCCCCC. The summed E-state index contributed by atoms with van der Waals surface area (Å²) < 4.78 is 2.54. The molecule has 2 aromatic rings. The predicted molar refractivity (Wildman–Crippen MR) is 205 cm³/mol. The van der Waals surface area contributed by atoms with Crippen LogP contribution in [0.4, 0.5) is 0 Å². The maximum atomic E-state index is 5.19. The van der Waals surface area contributed by atoms with Crippen LogP contribution in [0.25, 0.3) is 0 Å². The Morgan fingerprint density at radius 2 is 0.826 bits per heavy atom. The summed E-state index contributed by atoms with van der Waals surface area (Å²) in [5.74, 6) is 1.36. The van der Waals surface area contributed by atoms with E-state index in [-0.39, 0.29) is 0 Å². The molecule has 0 saturated carbocycles. The lowest BCUT2D eigenvalue weighted by atomic mass is 10.0. The van der Waals surface area contributed by atoms with Crippen molar-refractivity contribution in [3.63, 3.8) is 0 Å². The zero-order valence-electron chi connectivity index (χ0n) is 31.2. The molecular formula is C44H78N2. The van der Waals surface area contributed by atoms with Gasteiger partial charge in [0.25, 0.3) is 0 Å². The second kappa shape index (κ2) is 30.7. The lowest BCUT2D eigenvalue weighted by molar-refractivity contribution is 0.516. The number of aryl methyl sites for hydroxylation is 4. The molecule has 0 radical (unpaired) electrons. The standard InChI is InChI=1S/C44H78N2/c1-3-5-7-9-11-13-15-17-18-19-20-21-23-25-27-32-39-44-45-43(38-34-37-42-35-30-29-31-36-42)41-46(44)40-33-28-26-24-22-16-14-12-10-8-6-4-2/h29-31,35-36,41H,3-28,32-34,37-40H2,1-2H3. The zero-order valence-corrected chi connectivity index (χ0v) is 31.2. The van der Waals surface area contributed by atoms with E-state index in [9.17, 15) is 0 Å². The van der Waals surface area contributed by atoms with Crippen molar-refractivity contribution in [3.05, 3.63) is 53.6 Å². The first-order valence-corrected chi connectivity index (χ1v) is 20.9. The number of hydrogen-bond donors (Lipinski definition) is 0. The van der Waals surface area contributed by atoms with Gasteiger partial charge in [-0.1, -0.05) is 211 Å². The topological polar surface area (TPSA) is 17.8 Å². The number of unbranched alkanes of at least 4 members (excludes halogenated alkanes) is 26.